The standard InChI is InChI=1S/C16H15BrN2O/c1-10-3-6-14(11(2)7-10)19-9-16(20)18-13-5-4-12(17)8-15(13)19/h3-8H,9H2,1-2H3,(H,18,20). The van der Waals surface area contributed by atoms with Gasteiger partial charge in [0.25, 0.3) is 0 Å². The topological polar surface area (TPSA) is 32.3 Å². The molecule has 20 heavy (non-hydrogen) atoms. The molecule has 0 saturated heterocycles. The van der Waals surface area contributed by atoms with Crippen molar-refractivity contribution in [3.63, 3.8) is 0 Å². The summed E-state index contributed by atoms with van der Waals surface area (Å²) in [7, 11) is 0. The predicted octanol–water partition coefficient (Wildman–Crippen LogP) is 4.16. The van der Waals surface area contributed by atoms with Crippen LogP contribution in [0.3, 0.4) is 0 Å². The molecule has 1 heterocycles. The Morgan fingerprint density at radius 3 is 2.65 bits per heavy atom. The number of anilines is 3. The molecule has 2 aromatic rings. The van der Waals surface area contributed by atoms with E-state index in [2.05, 4.69) is 58.2 Å². The van der Waals surface area contributed by atoms with Crippen LogP contribution >= 0.6 is 15.9 Å². The monoisotopic (exact) mass is 330 g/mol. The molecule has 0 atom stereocenters. The van der Waals surface area contributed by atoms with Gasteiger partial charge < -0.3 is 10.2 Å². The van der Waals surface area contributed by atoms with Gasteiger partial charge in [0.05, 0.1) is 11.4 Å². The molecule has 1 amide bonds. The van der Waals surface area contributed by atoms with E-state index in [4.69, 9.17) is 0 Å². The number of nitrogens with one attached hydrogen (secondary N) is 1. The van der Waals surface area contributed by atoms with Crippen molar-refractivity contribution in [2.24, 2.45) is 0 Å². The van der Waals surface area contributed by atoms with E-state index in [9.17, 15) is 4.79 Å². The lowest BCUT2D eigenvalue weighted by Crippen LogP contribution is -2.35. The molecule has 0 fully saturated rings. The molecule has 0 aromatic heterocycles. The van der Waals surface area contributed by atoms with Crippen molar-refractivity contribution < 1.29 is 4.79 Å². The maximum absolute atomic E-state index is 11.9. The van der Waals surface area contributed by atoms with Gasteiger partial charge in [0.2, 0.25) is 5.91 Å². The Bertz CT molecular complexity index is 697. The lowest BCUT2D eigenvalue weighted by molar-refractivity contribution is -0.115. The highest BCUT2D eigenvalue weighted by Crippen LogP contribution is 2.38. The van der Waals surface area contributed by atoms with Gasteiger partial charge in [-0.15, -0.1) is 0 Å². The van der Waals surface area contributed by atoms with E-state index in [1.165, 1.54) is 11.1 Å². The molecule has 0 radical (unpaired) electrons. The Balaban J connectivity index is 2.14. The van der Waals surface area contributed by atoms with Gasteiger partial charge in [0.15, 0.2) is 0 Å². The highest BCUT2D eigenvalue weighted by Gasteiger charge is 2.24. The summed E-state index contributed by atoms with van der Waals surface area (Å²) >= 11 is 3.50. The van der Waals surface area contributed by atoms with Crippen LogP contribution in [-0.2, 0) is 4.79 Å². The summed E-state index contributed by atoms with van der Waals surface area (Å²) in [5, 5.41) is 2.92. The van der Waals surface area contributed by atoms with Crippen molar-refractivity contribution in [3.05, 3.63) is 52.0 Å². The number of benzene rings is 2. The summed E-state index contributed by atoms with van der Waals surface area (Å²) in [5.41, 5.74) is 5.34. The fraction of sp³-hybridized carbons (Fsp3) is 0.188. The first-order valence-corrected chi connectivity index (χ1v) is 7.28. The average molecular weight is 331 g/mol. The number of hydrogen-bond donors (Lipinski definition) is 1. The third-order valence-corrected chi connectivity index (χ3v) is 3.96. The minimum absolute atomic E-state index is 0.0137. The average Bonchev–Trinajstić information content (AvgIpc) is 2.39. The van der Waals surface area contributed by atoms with Crippen LogP contribution in [-0.4, -0.2) is 12.5 Å². The van der Waals surface area contributed by atoms with Crippen LogP contribution in [0.15, 0.2) is 40.9 Å². The number of amides is 1. The smallest absolute Gasteiger partial charge is 0.244 e. The Morgan fingerprint density at radius 2 is 1.90 bits per heavy atom. The van der Waals surface area contributed by atoms with Crippen molar-refractivity contribution in [3.8, 4) is 0 Å². The number of rotatable bonds is 1. The van der Waals surface area contributed by atoms with Crippen molar-refractivity contribution in [2.45, 2.75) is 13.8 Å². The van der Waals surface area contributed by atoms with Crippen molar-refractivity contribution in [1.29, 1.82) is 0 Å². The molecule has 3 nitrogen and oxygen atoms in total. The third kappa shape index (κ3) is 2.31. The lowest BCUT2D eigenvalue weighted by atomic mass is 10.1. The fourth-order valence-electron chi connectivity index (χ4n) is 2.58. The van der Waals surface area contributed by atoms with Gasteiger partial charge in [-0.05, 0) is 43.7 Å². The van der Waals surface area contributed by atoms with Gasteiger partial charge in [-0.25, -0.2) is 0 Å². The Kier molecular flexibility index (Phi) is 3.26. The number of fused-ring (bicyclic) bond motifs is 1. The first-order valence-electron chi connectivity index (χ1n) is 6.49. The minimum Gasteiger partial charge on any atom is -0.330 e. The summed E-state index contributed by atoms with van der Waals surface area (Å²) < 4.78 is 1.00. The number of carbonyl (C=O) groups excluding carboxylic acids is 1. The second kappa shape index (κ2) is 4.94. The van der Waals surface area contributed by atoms with Crippen molar-refractivity contribution in [1.82, 2.24) is 0 Å². The first-order chi connectivity index (χ1) is 9.54. The fourth-order valence-corrected chi connectivity index (χ4v) is 2.92. The molecule has 0 unspecified atom stereocenters. The molecule has 4 heteroatoms. The van der Waals surface area contributed by atoms with Gasteiger partial charge in [-0.1, -0.05) is 33.6 Å². The second-order valence-electron chi connectivity index (χ2n) is 5.09. The highest BCUT2D eigenvalue weighted by molar-refractivity contribution is 9.10. The molecular weight excluding hydrogens is 316 g/mol. The third-order valence-electron chi connectivity index (χ3n) is 3.47. The van der Waals surface area contributed by atoms with Crippen LogP contribution in [0.4, 0.5) is 17.1 Å². The quantitative estimate of drug-likeness (QED) is 0.851. The van der Waals surface area contributed by atoms with Crippen molar-refractivity contribution >= 4 is 38.9 Å². The molecular formula is C16H15BrN2O. The zero-order valence-corrected chi connectivity index (χ0v) is 13.0. The zero-order chi connectivity index (χ0) is 14.3. The van der Waals surface area contributed by atoms with Gasteiger partial charge in [0.1, 0.15) is 6.54 Å². The van der Waals surface area contributed by atoms with Crippen LogP contribution < -0.4 is 10.2 Å². The zero-order valence-electron chi connectivity index (χ0n) is 11.4. The van der Waals surface area contributed by atoms with E-state index < -0.39 is 0 Å². The SMILES string of the molecule is Cc1ccc(N2CC(=O)Nc3ccc(Br)cc32)c(C)c1. The molecule has 102 valence electrons. The predicted molar refractivity (Wildman–Crippen MR) is 85.7 cm³/mol. The minimum atomic E-state index is 0.0137. The van der Waals surface area contributed by atoms with Gasteiger partial charge >= 0.3 is 0 Å². The highest BCUT2D eigenvalue weighted by atomic mass is 79.9. The largest absolute Gasteiger partial charge is 0.330 e. The molecule has 0 bridgehead atoms. The summed E-state index contributed by atoms with van der Waals surface area (Å²) in [6.45, 7) is 4.49. The molecule has 0 spiro atoms. The first kappa shape index (κ1) is 13.2. The Morgan fingerprint density at radius 1 is 1.10 bits per heavy atom. The Hall–Kier alpha value is -1.81. The van der Waals surface area contributed by atoms with E-state index in [-0.39, 0.29) is 5.91 Å². The van der Waals surface area contributed by atoms with Gasteiger partial charge in [0, 0.05) is 10.2 Å². The van der Waals surface area contributed by atoms with E-state index in [0.29, 0.717) is 6.54 Å². The molecule has 1 N–H and O–H groups in total. The van der Waals surface area contributed by atoms with E-state index in [0.717, 1.165) is 21.5 Å². The van der Waals surface area contributed by atoms with Gasteiger partial charge in [-0.3, -0.25) is 4.79 Å². The van der Waals surface area contributed by atoms with Crippen LogP contribution in [0, 0.1) is 13.8 Å². The van der Waals surface area contributed by atoms with E-state index in [1.807, 2.05) is 18.2 Å². The molecule has 3 rings (SSSR count). The number of carbonyl (C=O) groups is 1. The van der Waals surface area contributed by atoms with Crippen LogP contribution in [0.2, 0.25) is 0 Å². The molecule has 2 aromatic carbocycles. The second-order valence-corrected chi connectivity index (χ2v) is 6.00. The van der Waals surface area contributed by atoms with Crippen LogP contribution in [0.25, 0.3) is 0 Å². The Labute approximate surface area is 126 Å². The lowest BCUT2D eigenvalue weighted by Gasteiger charge is -2.32. The van der Waals surface area contributed by atoms with Crippen LogP contribution in [0.1, 0.15) is 11.1 Å². The molecule has 1 aliphatic heterocycles. The number of nitrogens with zero attached hydrogens (tertiary/aromatic N) is 1. The summed E-state index contributed by atoms with van der Waals surface area (Å²) in [6, 6.07) is 12.2. The summed E-state index contributed by atoms with van der Waals surface area (Å²) in [6.07, 6.45) is 0. The van der Waals surface area contributed by atoms with Gasteiger partial charge in [-0.2, -0.15) is 0 Å². The number of hydrogen-bond acceptors (Lipinski definition) is 2. The maximum atomic E-state index is 11.9. The van der Waals surface area contributed by atoms with Crippen LogP contribution in [0.5, 0.6) is 0 Å². The maximum Gasteiger partial charge on any atom is 0.244 e. The molecule has 0 aliphatic carbocycles. The summed E-state index contributed by atoms with van der Waals surface area (Å²) in [4.78, 5) is 14.0. The van der Waals surface area contributed by atoms with E-state index >= 15 is 0 Å². The number of aryl methyl sites for hydroxylation is 2. The molecule has 0 saturated carbocycles. The molecule has 1 aliphatic rings. The van der Waals surface area contributed by atoms with Crippen molar-refractivity contribution in [2.75, 3.05) is 16.8 Å². The number of halogens is 1. The van der Waals surface area contributed by atoms with E-state index in [1.54, 1.807) is 0 Å². The summed E-state index contributed by atoms with van der Waals surface area (Å²) in [5.74, 6) is 0.0137. The normalized spacial score (nSPS) is 13.9.